The van der Waals surface area contributed by atoms with E-state index in [1.165, 1.54) is 5.56 Å². The predicted molar refractivity (Wildman–Crippen MR) is 71.0 cm³/mol. The fourth-order valence-corrected chi connectivity index (χ4v) is 1.50. The maximum absolute atomic E-state index is 11.3. The standard InChI is InChI=1S/C14H22N2O/c1-14(2,3)10-16-9-11-5-7-12(8-6-11)13(17)15-4/h5-8,16H,9-10H2,1-4H3,(H,15,17). The van der Waals surface area contributed by atoms with Crippen molar-refractivity contribution in [3.05, 3.63) is 35.4 Å². The Balaban J connectivity index is 2.49. The molecule has 0 aromatic heterocycles. The summed E-state index contributed by atoms with van der Waals surface area (Å²) in [7, 11) is 1.64. The highest BCUT2D eigenvalue weighted by Gasteiger charge is 2.08. The Morgan fingerprint density at radius 2 is 1.76 bits per heavy atom. The Bertz CT molecular complexity index is 363. The molecule has 0 fully saturated rings. The predicted octanol–water partition coefficient (Wildman–Crippen LogP) is 2.18. The third-order valence-corrected chi connectivity index (χ3v) is 2.43. The fraction of sp³-hybridized carbons (Fsp3) is 0.500. The Labute approximate surface area is 104 Å². The summed E-state index contributed by atoms with van der Waals surface area (Å²) in [5.41, 5.74) is 2.19. The Hall–Kier alpha value is -1.35. The van der Waals surface area contributed by atoms with Gasteiger partial charge >= 0.3 is 0 Å². The van der Waals surface area contributed by atoms with Crippen molar-refractivity contribution >= 4 is 5.91 Å². The van der Waals surface area contributed by atoms with Gasteiger partial charge in [-0.05, 0) is 23.1 Å². The summed E-state index contributed by atoms with van der Waals surface area (Å²) in [5.74, 6) is -0.0424. The Kier molecular flexibility index (Phi) is 4.70. The molecule has 0 saturated carbocycles. The lowest BCUT2D eigenvalue weighted by Crippen LogP contribution is -2.26. The molecule has 1 rings (SSSR count). The molecule has 0 unspecified atom stereocenters. The third-order valence-electron chi connectivity index (χ3n) is 2.43. The average Bonchev–Trinajstić information content (AvgIpc) is 2.27. The van der Waals surface area contributed by atoms with Crippen LogP contribution >= 0.6 is 0 Å². The summed E-state index contributed by atoms with van der Waals surface area (Å²) in [4.78, 5) is 11.3. The first-order valence-electron chi connectivity index (χ1n) is 5.94. The van der Waals surface area contributed by atoms with E-state index in [0.717, 1.165) is 13.1 Å². The lowest BCUT2D eigenvalue weighted by Gasteiger charge is -2.18. The minimum atomic E-state index is -0.0424. The van der Waals surface area contributed by atoms with Crippen LogP contribution < -0.4 is 10.6 Å². The second-order valence-corrected chi connectivity index (χ2v) is 5.44. The molecular formula is C14H22N2O. The van der Waals surface area contributed by atoms with Crippen molar-refractivity contribution in [3.63, 3.8) is 0 Å². The van der Waals surface area contributed by atoms with Crippen LogP contribution in [0.3, 0.4) is 0 Å². The Morgan fingerprint density at radius 3 is 2.24 bits per heavy atom. The van der Waals surface area contributed by atoms with E-state index in [1.807, 2.05) is 24.3 Å². The quantitative estimate of drug-likeness (QED) is 0.838. The maximum atomic E-state index is 11.3. The Morgan fingerprint density at radius 1 is 1.18 bits per heavy atom. The number of benzene rings is 1. The van der Waals surface area contributed by atoms with E-state index in [4.69, 9.17) is 0 Å². The molecule has 0 heterocycles. The summed E-state index contributed by atoms with van der Waals surface area (Å²) in [6, 6.07) is 7.68. The van der Waals surface area contributed by atoms with Crippen LogP contribution in [0.15, 0.2) is 24.3 Å². The first-order valence-corrected chi connectivity index (χ1v) is 5.94. The van der Waals surface area contributed by atoms with Crippen LogP contribution in [0.1, 0.15) is 36.7 Å². The number of carbonyl (C=O) groups is 1. The van der Waals surface area contributed by atoms with Gasteiger partial charge in [0.15, 0.2) is 0 Å². The molecule has 0 radical (unpaired) electrons. The van der Waals surface area contributed by atoms with E-state index in [9.17, 15) is 4.79 Å². The van der Waals surface area contributed by atoms with E-state index in [-0.39, 0.29) is 5.91 Å². The van der Waals surface area contributed by atoms with Crippen LogP contribution in [0.2, 0.25) is 0 Å². The molecular weight excluding hydrogens is 212 g/mol. The molecule has 0 aliphatic carbocycles. The molecule has 0 spiro atoms. The topological polar surface area (TPSA) is 41.1 Å². The van der Waals surface area contributed by atoms with Gasteiger partial charge in [0.2, 0.25) is 0 Å². The lowest BCUT2D eigenvalue weighted by molar-refractivity contribution is 0.0963. The molecule has 3 heteroatoms. The first-order chi connectivity index (χ1) is 7.92. The van der Waals surface area contributed by atoms with Gasteiger partial charge in [-0.1, -0.05) is 32.9 Å². The zero-order chi connectivity index (χ0) is 12.9. The van der Waals surface area contributed by atoms with Gasteiger partial charge < -0.3 is 10.6 Å². The van der Waals surface area contributed by atoms with Gasteiger partial charge in [-0.15, -0.1) is 0 Å². The highest BCUT2D eigenvalue weighted by Crippen LogP contribution is 2.11. The number of carbonyl (C=O) groups excluding carboxylic acids is 1. The molecule has 1 aromatic carbocycles. The van der Waals surface area contributed by atoms with Crippen molar-refractivity contribution in [2.45, 2.75) is 27.3 Å². The largest absolute Gasteiger partial charge is 0.355 e. The van der Waals surface area contributed by atoms with Crippen molar-refractivity contribution in [3.8, 4) is 0 Å². The number of nitrogens with one attached hydrogen (secondary N) is 2. The summed E-state index contributed by atoms with van der Waals surface area (Å²) in [5, 5.41) is 6.01. The minimum absolute atomic E-state index is 0.0424. The van der Waals surface area contributed by atoms with Gasteiger partial charge in [-0.25, -0.2) is 0 Å². The second-order valence-electron chi connectivity index (χ2n) is 5.44. The van der Waals surface area contributed by atoms with Gasteiger partial charge in [0.1, 0.15) is 0 Å². The van der Waals surface area contributed by atoms with Gasteiger partial charge in [-0.2, -0.15) is 0 Å². The van der Waals surface area contributed by atoms with Crippen molar-refractivity contribution in [2.24, 2.45) is 5.41 Å². The average molecular weight is 234 g/mol. The molecule has 0 atom stereocenters. The van der Waals surface area contributed by atoms with Crippen molar-refractivity contribution in [2.75, 3.05) is 13.6 Å². The number of rotatable bonds is 4. The molecule has 2 N–H and O–H groups in total. The van der Waals surface area contributed by atoms with E-state index >= 15 is 0 Å². The van der Waals surface area contributed by atoms with Crippen molar-refractivity contribution < 1.29 is 4.79 Å². The monoisotopic (exact) mass is 234 g/mol. The van der Waals surface area contributed by atoms with Gasteiger partial charge in [0, 0.05) is 25.7 Å². The van der Waals surface area contributed by atoms with Crippen LogP contribution in [-0.2, 0) is 6.54 Å². The van der Waals surface area contributed by atoms with E-state index in [0.29, 0.717) is 11.0 Å². The summed E-state index contributed by atoms with van der Waals surface area (Å²) >= 11 is 0. The van der Waals surface area contributed by atoms with Crippen LogP contribution in [0, 0.1) is 5.41 Å². The van der Waals surface area contributed by atoms with Gasteiger partial charge in [-0.3, -0.25) is 4.79 Å². The number of amides is 1. The maximum Gasteiger partial charge on any atom is 0.251 e. The number of hydrogen-bond donors (Lipinski definition) is 2. The van der Waals surface area contributed by atoms with Crippen molar-refractivity contribution in [1.82, 2.24) is 10.6 Å². The summed E-state index contributed by atoms with van der Waals surface area (Å²) in [6.45, 7) is 8.42. The minimum Gasteiger partial charge on any atom is -0.355 e. The smallest absolute Gasteiger partial charge is 0.251 e. The molecule has 0 saturated heterocycles. The third kappa shape index (κ3) is 5.00. The van der Waals surface area contributed by atoms with E-state index in [1.54, 1.807) is 7.05 Å². The highest BCUT2D eigenvalue weighted by molar-refractivity contribution is 5.93. The molecule has 1 amide bonds. The van der Waals surface area contributed by atoms with Gasteiger partial charge in [0.25, 0.3) is 5.91 Å². The summed E-state index contributed by atoms with van der Waals surface area (Å²) < 4.78 is 0. The van der Waals surface area contributed by atoms with E-state index in [2.05, 4.69) is 31.4 Å². The van der Waals surface area contributed by atoms with Crippen LogP contribution in [0.5, 0.6) is 0 Å². The van der Waals surface area contributed by atoms with Crippen molar-refractivity contribution in [1.29, 1.82) is 0 Å². The molecule has 0 aliphatic heterocycles. The normalized spacial score (nSPS) is 11.3. The molecule has 17 heavy (non-hydrogen) atoms. The molecule has 94 valence electrons. The van der Waals surface area contributed by atoms with Crippen LogP contribution in [-0.4, -0.2) is 19.5 Å². The number of hydrogen-bond acceptors (Lipinski definition) is 2. The molecule has 1 aromatic rings. The van der Waals surface area contributed by atoms with Crippen LogP contribution in [0.25, 0.3) is 0 Å². The summed E-state index contributed by atoms with van der Waals surface area (Å²) in [6.07, 6.45) is 0. The fourth-order valence-electron chi connectivity index (χ4n) is 1.50. The zero-order valence-corrected chi connectivity index (χ0v) is 11.1. The van der Waals surface area contributed by atoms with Gasteiger partial charge in [0.05, 0.1) is 0 Å². The SMILES string of the molecule is CNC(=O)c1ccc(CNCC(C)(C)C)cc1. The lowest BCUT2D eigenvalue weighted by atomic mass is 9.97. The first kappa shape index (κ1) is 13.7. The highest BCUT2D eigenvalue weighted by atomic mass is 16.1. The van der Waals surface area contributed by atoms with E-state index < -0.39 is 0 Å². The zero-order valence-electron chi connectivity index (χ0n) is 11.1. The van der Waals surface area contributed by atoms with Crippen LogP contribution in [0.4, 0.5) is 0 Å². The molecule has 0 bridgehead atoms. The second kappa shape index (κ2) is 5.82. The molecule has 0 aliphatic rings. The molecule has 3 nitrogen and oxygen atoms in total.